The molecule has 0 bridgehead atoms. The molecule has 1 aromatic rings. The molecule has 0 saturated heterocycles. The van der Waals surface area contributed by atoms with Gasteiger partial charge in [-0.2, -0.15) is 0 Å². The molecule has 0 unspecified atom stereocenters. The first-order valence-corrected chi connectivity index (χ1v) is 7.42. The molecule has 0 aliphatic heterocycles. The van der Waals surface area contributed by atoms with Crippen LogP contribution in [-0.2, 0) is 0 Å². The van der Waals surface area contributed by atoms with E-state index in [1.165, 1.54) is 44.9 Å². The van der Waals surface area contributed by atoms with Gasteiger partial charge in [-0.05, 0) is 12.5 Å². The number of ether oxygens (including phenoxy) is 1. The molecule has 1 heterocycles. The third-order valence-corrected chi connectivity index (χ3v) is 3.15. The van der Waals surface area contributed by atoms with E-state index in [4.69, 9.17) is 11.2 Å². The lowest BCUT2D eigenvalue weighted by atomic mass is 10.1. The maximum Gasteiger partial charge on any atom is 0.213 e. The minimum Gasteiger partial charge on any atom is -0.478 e. The summed E-state index contributed by atoms with van der Waals surface area (Å²) < 4.78 is 5.57. The van der Waals surface area contributed by atoms with Gasteiger partial charge in [0.05, 0.1) is 6.61 Å². The van der Waals surface area contributed by atoms with Crippen molar-refractivity contribution in [3.63, 3.8) is 0 Å². The Hall–Kier alpha value is -1.49. The lowest BCUT2D eigenvalue weighted by molar-refractivity contribution is 0.293. The minimum absolute atomic E-state index is 0.668. The van der Waals surface area contributed by atoms with E-state index in [0.29, 0.717) is 5.88 Å². The molecule has 19 heavy (non-hydrogen) atoms. The summed E-state index contributed by atoms with van der Waals surface area (Å²) >= 11 is 0. The Balaban J connectivity index is 1.97. The molecular formula is C17H25NO. The first-order valence-electron chi connectivity index (χ1n) is 7.42. The second kappa shape index (κ2) is 10.4. The quantitative estimate of drug-likeness (QED) is 0.453. The highest BCUT2D eigenvalue weighted by Crippen LogP contribution is 2.10. The summed E-state index contributed by atoms with van der Waals surface area (Å²) in [6.45, 7) is 3.00. The molecule has 1 aromatic heterocycles. The van der Waals surface area contributed by atoms with E-state index in [9.17, 15) is 0 Å². The topological polar surface area (TPSA) is 22.1 Å². The van der Waals surface area contributed by atoms with Crippen LogP contribution in [0.4, 0.5) is 0 Å². The summed E-state index contributed by atoms with van der Waals surface area (Å²) in [6.07, 6.45) is 17.4. The van der Waals surface area contributed by atoms with Crippen molar-refractivity contribution in [3.05, 3.63) is 23.9 Å². The van der Waals surface area contributed by atoms with E-state index >= 15 is 0 Å². The van der Waals surface area contributed by atoms with E-state index in [-0.39, 0.29) is 0 Å². The predicted octanol–water partition coefficient (Wildman–Crippen LogP) is 4.58. The molecule has 0 aromatic carbocycles. The maximum absolute atomic E-state index is 5.57. The molecule has 0 fully saturated rings. The highest BCUT2D eigenvalue weighted by atomic mass is 16.5. The van der Waals surface area contributed by atoms with Crippen molar-refractivity contribution in [3.8, 4) is 18.2 Å². The van der Waals surface area contributed by atoms with E-state index in [0.717, 1.165) is 18.6 Å². The van der Waals surface area contributed by atoms with Gasteiger partial charge in [-0.25, -0.2) is 4.98 Å². The van der Waals surface area contributed by atoms with E-state index < -0.39 is 0 Å². The zero-order valence-corrected chi connectivity index (χ0v) is 12.0. The zero-order chi connectivity index (χ0) is 13.8. The molecule has 2 nitrogen and oxygen atoms in total. The first kappa shape index (κ1) is 15.6. The fraction of sp³-hybridized carbons (Fsp3) is 0.588. The van der Waals surface area contributed by atoms with Crippen molar-refractivity contribution in [2.45, 2.75) is 58.3 Å². The van der Waals surface area contributed by atoms with Gasteiger partial charge < -0.3 is 4.74 Å². The lowest BCUT2D eigenvalue weighted by Crippen LogP contribution is -1.99. The molecule has 0 spiro atoms. The second-order valence-electron chi connectivity index (χ2n) is 4.85. The monoisotopic (exact) mass is 259 g/mol. The standard InChI is InChI=1S/C17H25NO/c1-3-5-6-7-8-9-10-11-14-19-17-13-12-16(4-2)15-18-17/h2,12-13,15H,3,5-11,14H2,1H3. The van der Waals surface area contributed by atoms with Gasteiger partial charge in [0.2, 0.25) is 5.88 Å². The third kappa shape index (κ3) is 7.51. The lowest BCUT2D eigenvalue weighted by Gasteiger charge is -2.05. The van der Waals surface area contributed by atoms with Gasteiger partial charge in [0, 0.05) is 17.8 Å². The van der Waals surface area contributed by atoms with Crippen molar-refractivity contribution in [1.29, 1.82) is 0 Å². The zero-order valence-electron chi connectivity index (χ0n) is 12.0. The Morgan fingerprint density at radius 2 is 1.74 bits per heavy atom. The average molecular weight is 259 g/mol. The smallest absolute Gasteiger partial charge is 0.213 e. The van der Waals surface area contributed by atoms with Crippen LogP contribution in [0.25, 0.3) is 0 Å². The summed E-state index contributed by atoms with van der Waals surface area (Å²) in [7, 11) is 0. The fourth-order valence-corrected chi connectivity index (χ4v) is 1.96. The van der Waals surface area contributed by atoms with Crippen molar-refractivity contribution in [2.75, 3.05) is 6.61 Å². The SMILES string of the molecule is C#Cc1ccc(OCCCCCCCCCC)nc1. The number of terminal acetylenes is 1. The van der Waals surface area contributed by atoms with Crippen LogP contribution in [0, 0.1) is 12.3 Å². The summed E-state index contributed by atoms with van der Waals surface area (Å²) in [5, 5.41) is 0. The molecule has 0 atom stereocenters. The molecule has 0 amide bonds. The number of aromatic nitrogens is 1. The summed E-state index contributed by atoms with van der Waals surface area (Å²) in [4.78, 5) is 4.15. The largest absolute Gasteiger partial charge is 0.478 e. The Kier molecular flexibility index (Phi) is 8.55. The van der Waals surface area contributed by atoms with Gasteiger partial charge in [-0.1, -0.05) is 57.8 Å². The van der Waals surface area contributed by atoms with Gasteiger partial charge in [0.25, 0.3) is 0 Å². The van der Waals surface area contributed by atoms with Gasteiger partial charge in [0.1, 0.15) is 0 Å². The third-order valence-electron chi connectivity index (χ3n) is 3.15. The van der Waals surface area contributed by atoms with Gasteiger partial charge in [0.15, 0.2) is 0 Å². The maximum atomic E-state index is 5.57. The molecular weight excluding hydrogens is 234 g/mol. The molecule has 0 aliphatic carbocycles. The molecule has 0 radical (unpaired) electrons. The fourth-order valence-electron chi connectivity index (χ4n) is 1.96. The van der Waals surface area contributed by atoms with Gasteiger partial charge >= 0.3 is 0 Å². The van der Waals surface area contributed by atoms with Gasteiger partial charge in [-0.15, -0.1) is 6.42 Å². The summed E-state index contributed by atoms with van der Waals surface area (Å²) in [6, 6.07) is 3.69. The molecule has 0 aliphatic rings. The number of nitrogens with zero attached hydrogens (tertiary/aromatic N) is 1. The Morgan fingerprint density at radius 1 is 1.05 bits per heavy atom. The Bertz CT molecular complexity index is 364. The number of hydrogen-bond donors (Lipinski definition) is 0. The van der Waals surface area contributed by atoms with Crippen LogP contribution in [-0.4, -0.2) is 11.6 Å². The van der Waals surface area contributed by atoms with Crippen molar-refractivity contribution >= 4 is 0 Å². The van der Waals surface area contributed by atoms with Crippen LogP contribution in [0.2, 0.25) is 0 Å². The van der Waals surface area contributed by atoms with Crippen molar-refractivity contribution < 1.29 is 4.74 Å². The van der Waals surface area contributed by atoms with Crippen molar-refractivity contribution in [1.82, 2.24) is 4.98 Å². The highest BCUT2D eigenvalue weighted by Gasteiger charge is 1.96. The van der Waals surface area contributed by atoms with Crippen LogP contribution in [0.5, 0.6) is 5.88 Å². The molecule has 1 rings (SSSR count). The van der Waals surface area contributed by atoms with Crippen LogP contribution in [0.3, 0.4) is 0 Å². The number of rotatable bonds is 10. The number of unbranched alkanes of at least 4 members (excludes halogenated alkanes) is 7. The second-order valence-corrected chi connectivity index (χ2v) is 4.85. The highest BCUT2D eigenvalue weighted by molar-refractivity contribution is 5.31. The summed E-state index contributed by atoms with van der Waals surface area (Å²) in [5.41, 5.74) is 0.791. The average Bonchev–Trinajstić information content (AvgIpc) is 2.46. The van der Waals surface area contributed by atoms with Crippen LogP contribution >= 0.6 is 0 Å². The molecule has 2 heteroatoms. The normalized spacial score (nSPS) is 10.1. The van der Waals surface area contributed by atoms with E-state index in [2.05, 4.69) is 17.8 Å². The minimum atomic E-state index is 0.668. The van der Waals surface area contributed by atoms with E-state index in [1.54, 1.807) is 6.20 Å². The predicted molar refractivity (Wildman–Crippen MR) is 80.3 cm³/mol. The number of pyridine rings is 1. The van der Waals surface area contributed by atoms with Crippen LogP contribution in [0.15, 0.2) is 18.3 Å². The van der Waals surface area contributed by atoms with Crippen molar-refractivity contribution in [2.24, 2.45) is 0 Å². The summed E-state index contributed by atoms with van der Waals surface area (Å²) in [5.74, 6) is 3.21. The van der Waals surface area contributed by atoms with Crippen LogP contribution < -0.4 is 4.74 Å². The van der Waals surface area contributed by atoms with E-state index in [1.807, 2.05) is 12.1 Å². The molecule has 0 saturated carbocycles. The molecule has 104 valence electrons. The Morgan fingerprint density at radius 3 is 2.32 bits per heavy atom. The Labute approximate surface area is 117 Å². The van der Waals surface area contributed by atoms with Crippen LogP contribution in [0.1, 0.15) is 63.9 Å². The van der Waals surface area contributed by atoms with Gasteiger partial charge in [-0.3, -0.25) is 0 Å². The molecule has 0 N–H and O–H groups in total. The number of hydrogen-bond acceptors (Lipinski definition) is 2. The first-order chi connectivity index (χ1) is 9.36.